The molecule has 2 aromatic rings. The highest BCUT2D eigenvalue weighted by atomic mass is 16.4. The van der Waals surface area contributed by atoms with Crippen molar-refractivity contribution in [3.63, 3.8) is 0 Å². The van der Waals surface area contributed by atoms with E-state index in [0.29, 0.717) is 18.9 Å². The predicted molar refractivity (Wildman–Crippen MR) is 109 cm³/mol. The van der Waals surface area contributed by atoms with Crippen molar-refractivity contribution in [3.05, 3.63) is 31.0 Å². The van der Waals surface area contributed by atoms with Gasteiger partial charge in [-0.3, -0.25) is 14.3 Å². The molecule has 0 saturated carbocycles. The summed E-state index contributed by atoms with van der Waals surface area (Å²) in [5.74, 6) is 1.26. The molecule has 4 rings (SSSR count). The van der Waals surface area contributed by atoms with E-state index in [4.69, 9.17) is 0 Å². The van der Waals surface area contributed by atoms with Crippen molar-refractivity contribution in [3.8, 4) is 5.95 Å². The minimum absolute atomic E-state index is 0.0593. The summed E-state index contributed by atoms with van der Waals surface area (Å²) >= 11 is 0. The molecule has 10 heteroatoms. The summed E-state index contributed by atoms with van der Waals surface area (Å²) in [5, 5.41) is 12.8. The Morgan fingerprint density at radius 1 is 1.20 bits per heavy atom. The van der Waals surface area contributed by atoms with Crippen LogP contribution in [0.2, 0.25) is 0 Å². The van der Waals surface area contributed by atoms with Crippen LogP contribution in [0.5, 0.6) is 0 Å². The molecule has 160 valence electrons. The van der Waals surface area contributed by atoms with E-state index in [0.717, 1.165) is 44.6 Å². The first-order chi connectivity index (χ1) is 14.5. The Morgan fingerprint density at radius 2 is 2.00 bits per heavy atom. The molecule has 2 fully saturated rings. The van der Waals surface area contributed by atoms with E-state index in [1.165, 1.54) is 11.8 Å². The summed E-state index contributed by atoms with van der Waals surface area (Å²) in [6, 6.07) is 1.88. The van der Waals surface area contributed by atoms with Gasteiger partial charge < -0.3 is 15.3 Å². The smallest absolute Gasteiger partial charge is 0.409 e. The molecule has 0 radical (unpaired) electrons. The molecule has 2 aromatic heterocycles. The van der Waals surface area contributed by atoms with Gasteiger partial charge in [-0.05, 0) is 38.2 Å². The van der Waals surface area contributed by atoms with Crippen LogP contribution in [0.25, 0.3) is 5.95 Å². The summed E-state index contributed by atoms with van der Waals surface area (Å²) in [6.45, 7) is 3.39. The lowest BCUT2D eigenvalue weighted by Gasteiger charge is -2.52. The van der Waals surface area contributed by atoms with Crippen LogP contribution in [-0.2, 0) is 4.79 Å². The van der Waals surface area contributed by atoms with Gasteiger partial charge in [0.15, 0.2) is 0 Å². The van der Waals surface area contributed by atoms with Gasteiger partial charge in [0.05, 0.1) is 0 Å². The molecule has 2 aliphatic rings. The number of anilines is 1. The van der Waals surface area contributed by atoms with Crippen molar-refractivity contribution < 1.29 is 14.7 Å². The van der Waals surface area contributed by atoms with Crippen LogP contribution in [0, 0.1) is 5.92 Å². The number of aromatic nitrogens is 4. The number of rotatable bonds is 4. The number of imidazole rings is 1. The summed E-state index contributed by atoms with van der Waals surface area (Å²) < 4.78 is 1.76. The number of nitrogens with zero attached hydrogens (tertiary/aromatic N) is 6. The lowest BCUT2D eigenvalue weighted by atomic mass is 9.77. The summed E-state index contributed by atoms with van der Waals surface area (Å²) in [5.41, 5.74) is -0.824. The molecular weight excluding hydrogens is 386 g/mol. The van der Waals surface area contributed by atoms with Crippen LogP contribution in [0.15, 0.2) is 31.0 Å². The number of hydrogen-bond donors (Lipinski definition) is 2. The highest BCUT2D eigenvalue weighted by molar-refractivity contribution is 5.75. The number of hydrogen-bond acceptors (Lipinski definition) is 6. The number of carbonyl (C=O) groups excluding carboxylic acids is 1. The first-order valence-corrected chi connectivity index (χ1v) is 10.4. The molecule has 0 bridgehead atoms. The monoisotopic (exact) mass is 413 g/mol. The van der Waals surface area contributed by atoms with Gasteiger partial charge >= 0.3 is 6.09 Å². The Hall–Kier alpha value is -3.17. The molecule has 2 aliphatic heterocycles. The Morgan fingerprint density at radius 3 is 2.67 bits per heavy atom. The average molecular weight is 413 g/mol. The molecule has 2 amide bonds. The minimum Gasteiger partial charge on any atom is -0.465 e. The van der Waals surface area contributed by atoms with Crippen LogP contribution in [0.4, 0.5) is 10.6 Å². The minimum atomic E-state index is -0.966. The fourth-order valence-electron chi connectivity index (χ4n) is 4.83. The molecule has 1 atom stereocenters. The second-order valence-corrected chi connectivity index (χ2v) is 7.94. The normalized spacial score (nSPS) is 22.7. The zero-order valence-corrected chi connectivity index (χ0v) is 17.1. The maximum Gasteiger partial charge on any atom is 0.409 e. The number of nitrogens with one attached hydrogen (secondary N) is 1. The summed E-state index contributed by atoms with van der Waals surface area (Å²) in [7, 11) is 0. The lowest BCUT2D eigenvalue weighted by Crippen LogP contribution is -2.68. The van der Waals surface area contributed by atoms with Gasteiger partial charge in [0.1, 0.15) is 17.8 Å². The van der Waals surface area contributed by atoms with E-state index in [1.807, 2.05) is 6.07 Å². The molecule has 4 heterocycles. The molecule has 1 unspecified atom stereocenters. The number of amides is 2. The molecule has 0 spiro atoms. The van der Waals surface area contributed by atoms with Crippen LogP contribution < -0.4 is 10.2 Å². The van der Waals surface area contributed by atoms with Crippen LogP contribution >= 0.6 is 0 Å². The van der Waals surface area contributed by atoms with E-state index in [1.54, 1.807) is 29.5 Å². The van der Waals surface area contributed by atoms with Gasteiger partial charge in [-0.2, -0.15) is 4.98 Å². The van der Waals surface area contributed by atoms with Crippen molar-refractivity contribution in [2.24, 2.45) is 5.92 Å². The van der Waals surface area contributed by atoms with E-state index in [2.05, 4.69) is 25.2 Å². The van der Waals surface area contributed by atoms with Crippen LogP contribution in [0.1, 0.15) is 39.0 Å². The third kappa shape index (κ3) is 3.81. The van der Waals surface area contributed by atoms with Gasteiger partial charge in [0, 0.05) is 51.1 Å². The fraction of sp³-hybridized carbons (Fsp3) is 0.550. The summed E-state index contributed by atoms with van der Waals surface area (Å²) in [4.78, 5) is 40.6. The topological polar surface area (TPSA) is 116 Å². The third-order valence-electron chi connectivity index (χ3n) is 6.15. The molecule has 0 aliphatic carbocycles. The average Bonchev–Trinajstić information content (AvgIpc) is 3.29. The molecule has 2 saturated heterocycles. The SMILES string of the molecule is CC(=O)NC1(C2CCN(c3ccnc(-n4ccnc4)n3)CC2)CCCCN1C(=O)O. The number of piperidine rings is 2. The standard InChI is InChI=1S/C20H27N7O3/c1-15(28)24-20(7-2-3-10-27(20)19(29)30)16-5-11-25(12-6-16)17-4-8-22-18(23-17)26-13-9-21-14-26/h4,8-9,13-14,16H,2-3,5-7,10-12H2,1H3,(H,24,28)(H,29,30). The van der Waals surface area contributed by atoms with Gasteiger partial charge in [-0.1, -0.05) is 0 Å². The third-order valence-corrected chi connectivity index (χ3v) is 6.15. The molecule has 2 N–H and O–H groups in total. The van der Waals surface area contributed by atoms with E-state index < -0.39 is 11.8 Å². The fourth-order valence-corrected chi connectivity index (χ4v) is 4.83. The van der Waals surface area contributed by atoms with E-state index in [9.17, 15) is 14.7 Å². The van der Waals surface area contributed by atoms with Crippen molar-refractivity contribution in [1.82, 2.24) is 29.7 Å². The first-order valence-electron chi connectivity index (χ1n) is 10.4. The Bertz CT molecular complexity index is 896. The molecule has 0 aromatic carbocycles. The maximum atomic E-state index is 12.0. The van der Waals surface area contributed by atoms with Gasteiger partial charge in [-0.25, -0.2) is 14.8 Å². The zero-order valence-electron chi connectivity index (χ0n) is 17.1. The summed E-state index contributed by atoms with van der Waals surface area (Å²) in [6.07, 6.45) is 9.83. The first kappa shape index (κ1) is 20.1. The Balaban J connectivity index is 1.52. The molecule has 30 heavy (non-hydrogen) atoms. The number of carbonyl (C=O) groups is 2. The largest absolute Gasteiger partial charge is 0.465 e. The quantitative estimate of drug-likeness (QED) is 0.786. The van der Waals surface area contributed by atoms with Crippen LogP contribution in [0.3, 0.4) is 0 Å². The second-order valence-electron chi connectivity index (χ2n) is 7.94. The lowest BCUT2D eigenvalue weighted by molar-refractivity contribution is -0.127. The zero-order chi connectivity index (χ0) is 21.1. The van der Waals surface area contributed by atoms with E-state index >= 15 is 0 Å². The van der Waals surface area contributed by atoms with Crippen molar-refractivity contribution in [2.45, 2.75) is 44.7 Å². The van der Waals surface area contributed by atoms with Crippen molar-refractivity contribution in [2.75, 3.05) is 24.5 Å². The highest BCUT2D eigenvalue weighted by Gasteiger charge is 2.49. The van der Waals surface area contributed by atoms with Crippen molar-refractivity contribution >= 4 is 17.8 Å². The Kier molecular flexibility index (Phi) is 5.56. The number of likely N-dealkylation sites (tertiary alicyclic amines) is 1. The van der Waals surface area contributed by atoms with Gasteiger partial charge in [0.25, 0.3) is 0 Å². The molecular formula is C20H27N7O3. The number of carboxylic acid groups (broad SMARTS) is 1. The van der Waals surface area contributed by atoms with Gasteiger partial charge in [-0.15, -0.1) is 0 Å². The second kappa shape index (κ2) is 8.29. The highest BCUT2D eigenvalue weighted by Crippen LogP contribution is 2.39. The van der Waals surface area contributed by atoms with Gasteiger partial charge in [0.2, 0.25) is 11.9 Å². The predicted octanol–water partition coefficient (Wildman–Crippen LogP) is 1.87. The molecule has 10 nitrogen and oxygen atoms in total. The van der Waals surface area contributed by atoms with E-state index in [-0.39, 0.29) is 11.8 Å². The maximum absolute atomic E-state index is 12.0. The Labute approximate surface area is 174 Å². The van der Waals surface area contributed by atoms with Crippen molar-refractivity contribution in [1.29, 1.82) is 0 Å². The van der Waals surface area contributed by atoms with Crippen LogP contribution in [-0.4, -0.2) is 66.8 Å².